The van der Waals surface area contributed by atoms with Crippen LogP contribution in [0.1, 0.15) is 47.0 Å². The molecule has 1 heterocycles. The quantitative estimate of drug-likeness (QED) is 0.753. The van der Waals surface area contributed by atoms with E-state index < -0.39 is 0 Å². The van der Waals surface area contributed by atoms with Crippen LogP contribution >= 0.6 is 0 Å². The lowest BCUT2D eigenvalue weighted by atomic mass is 9.86. The maximum absolute atomic E-state index is 6.23. The van der Waals surface area contributed by atoms with Crippen LogP contribution in [-0.4, -0.2) is 29.6 Å². The van der Waals surface area contributed by atoms with Gasteiger partial charge in [0.15, 0.2) is 0 Å². The van der Waals surface area contributed by atoms with Crippen LogP contribution in [0.3, 0.4) is 0 Å². The van der Waals surface area contributed by atoms with Crippen molar-refractivity contribution in [3.05, 3.63) is 0 Å². The van der Waals surface area contributed by atoms with Gasteiger partial charge in [0.25, 0.3) is 0 Å². The first-order chi connectivity index (χ1) is 6.41. The van der Waals surface area contributed by atoms with Crippen molar-refractivity contribution >= 4 is 0 Å². The molecule has 0 bridgehead atoms. The largest absolute Gasteiger partial charge is 0.324 e. The monoisotopic (exact) mass is 198 g/mol. The third-order valence-corrected chi connectivity index (χ3v) is 3.07. The molecular weight excluding hydrogens is 172 g/mol. The molecule has 0 aliphatic carbocycles. The first-order valence-corrected chi connectivity index (χ1v) is 5.94. The normalized spacial score (nSPS) is 25.7. The van der Waals surface area contributed by atoms with Crippen molar-refractivity contribution in [1.29, 1.82) is 0 Å². The molecule has 0 radical (unpaired) electrons. The molecule has 0 saturated carbocycles. The van der Waals surface area contributed by atoms with Crippen LogP contribution in [-0.2, 0) is 0 Å². The molecule has 1 saturated heterocycles. The summed E-state index contributed by atoms with van der Waals surface area (Å²) in [5.41, 5.74) is 6.19. The zero-order valence-electron chi connectivity index (χ0n) is 10.2. The molecule has 1 aliphatic rings. The van der Waals surface area contributed by atoms with Gasteiger partial charge in [0.2, 0.25) is 0 Å². The molecule has 2 N–H and O–H groups in total. The molecule has 0 aromatic carbocycles. The summed E-state index contributed by atoms with van der Waals surface area (Å²) in [4.78, 5) is 2.59. The van der Waals surface area contributed by atoms with E-state index in [0.29, 0.717) is 6.04 Å². The van der Waals surface area contributed by atoms with Gasteiger partial charge in [0.1, 0.15) is 0 Å². The lowest BCUT2D eigenvalue weighted by Gasteiger charge is -2.44. The van der Waals surface area contributed by atoms with Gasteiger partial charge < -0.3 is 5.73 Å². The summed E-state index contributed by atoms with van der Waals surface area (Å²) >= 11 is 0. The highest BCUT2D eigenvalue weighted by Gasteiger charge is 2.32. The first kappa shape index (κ1) is 12.0. The summed E-state index contributed by atoms with van der Waals surface area (Å²) < 4.78 is 0. The number of rotatable bonds is 3. The molecule has 1 atom stereocenters. The zero-order chi connectivity index (χ0) is 10.8. The fourth-order valence-electron chi connectivity index (χ4n) is 2.52. The van der Waals surface area contributed by atoms with Crippen molar-refractivity contribution in [2.24, 2.45) is 11.7 Å². The summed E-state index contributed by atoms with van der Waals surface area (Å²) in [6, 6.07) is 0.582. The highest BCUT2D eigenvalue weighted by atomic mass is 15.2. The Morgan fingerprint density at radius 3 is 2.50 bits per heavy atom. The molecule has 14 heavy (non-hydrogen) atoms. The van der Waals surface area contributed by atoms with Crippen molar-refractivity contribution in [1.82, 2.24) is 4.90 Å². The second-order valence-corrected chi connectivity index (χ2v) is 5.72. The number of hydrogen-bond donors (Lipinski definition) is 1. The Bertz CT molecular complexity index is 170. The molecule has 1 rings (SSSR count). The second kappa shape index (κ2) is 4.63. The molecule has 84 valence electrons. The average molecular weight is 198 g/mol. The zero-order valence-corrected chi connectivity index (χ0v) is 10.2. The standard InChI is InChI=1S/C12H26N2/c1-10(2)9-14-8-6-5-7-11(14)12(3,4)13/h10-11H,5-9,13H2,1-4H3/t11-/m1/s1. The molecule has 0 aromatic rings. The van der Waals surface area contributed by atoms with Gasteiger partial charge in [0.05, 0.1) is 0 Å². The number of nitrogens with two attached hydrogens (primary N) is 1. The first-order valence-electron chi connectivity index (χ1n) is 5.94. The number of hydrogen-bond acceptors (Lipinski definition) is 2. The van der Waals surface area contributed by atoms with Crippen LogP contribution in [0.25, 0.3) is 0 Å². The summed E-state index contributed by atoms with van der Waals surface area (Å²) in [7, 11) is 0. The van der Waals surface area contributed by atoms with Crippen molar-refractivity contribution in [3.63, 3.8) is 0 Å². The minimum absolute atomic E-state index is 0.0463. The summed E-state index contributed by atoms with van der Waals surface area (Å²) in [5.74, 6) is 0.748. The van der Waals surface area contributed by atoms with Gasteiger partial charge in [-0.05, 0) is 39.2 Å². The number of piperidine rings is 1. The minimum atomic E-state index is -0.0463. The highest BCUT2D eigenvalue weighted by Crippen LogP contribution is 2.25. The van der Waals surface area contributed by atoms with Gasteiger partial charge in [-0.15, -0.1) is 0 Å². The number of nitrogens with zero attached hydrogens (tertiary/aromatic N) is 1. The Hall–Kier alpha value is -0.0800. The molecule has 1 fully saturated rings. The van der Waals surface area contributed by atoms with Gasteiger partial charge in [-0.25, -0.2) is 0 Å². The predicted octanol–water partition coefficient (Wildman–Crippen LogP) is 2.23. The van der Waals surface area contributed by atoms with Crippen molar-refractivity contribution in [2.45, 2.75) is 58.5 Å². The Kier molecular flexibility index (Phi) is 3.96. The van der Waals surface area contributed by atoms with E-state index in [4.69, 9.17) is 5.73 Å². The van der Waals surface area contributed by atoms with Crippen LogP contribution in [0.15, 0.2) is 0 Å². The maximum Gasteiger partial charge on any atom is 0.0270 e. The molecule has 1 aliphatic heterocycles. The SMILES string of the molecule is CC(C)CN1CCCC[C@@H]1C(C)(C)N. The molecule has 0 amide bonds. The van der Waals surface area contributed by atoms with E-state index in [1.54, 1.807) is 0 Å². The van der Waals surface area contributed by atoms with Crippen molar-refractivity contribution in [3.8, 4) is 0 Å². The Morgan fingerprint density at radius 2 is 2.00 bits per heavy atom. The van der Waals surface area contributed by atoms with Gasteiger partial charge in [-0.3, -0.25) is 4.90 Å². The van der Waals surface area contributed by atoms with E-state index in [9.17, 15) is 0 Å². The molecule has 0 spiro atoms. The Balaban J connectivity index is 2.59. The molecule has 2 nitrogen and oxygen atoms in total. The fourth-order valence-corrected chi connectivity index (χ4v) is 2.52. The van der Waals surface area contributed by atoms with Gasteiger partial charge in [0, 0.05) is 18.1 Å². The topological polar surface area (TPSA) is 29.3 Å². The predicted molar refractivity (Wildman–Crippen MR) is 62.3 cm³/mol. The number of likely N-dealkylation sites (tertiary alicyclic amines) is 1. The lowest BCUT2D eigenvalue weighted by Crippen LogP contribution is -2.57. The van der Waals surface area contributed by atoms with Crippen molar-refractivity contribution < 1.29 is 0 Å². The van der Waals surface area contributed by atoms with Crippen molar-refractivity contribution in [2.75, 3.05) is 13.1 Å². The smallest absolute Gasteiger partial charge is 0.0270 e. The molecule has 0 unspecified atom stereocenters. The van der Waals surface area contributed by atoms with Crippen LogP contribution in [0.4, 0.5) is 0 Å². The third-order valence-electron chi connectivity index (χ3n) is 3.07. The molecular formula is C12H26N2. The van der Waals surface area contributed by atoms with E-state index >= 15 is 0 Å². The average Bonchev–Trinajstić information content (AvgIpc) is 2.01. The summed E-state index contributed by atoms with van der Waals surface area (Å²) in [5, 5.41) is 0. The molecule has 2 heteroatoms. The summed E-state index contributed by atoms with van der Waals surface area (Å²) in [6.07, 6.45) is 3.97. The lowest BCUT2D eigenvalue weighted by molar-refractivity contribution is 0.0845. The van der Waals surface area contributed by atoms with E-state index in [2.05, 4.69) is 32.6 Å². The minimum Gasteiger partial charge on any atom is -0.324 e. The van der Waals surface area contributed by atoms with E-state index in [0.717, 1.165) is 5.92 Å². The second-order valence-electron chi connectivity index (χ2n) is 5.72. The Labute approximate surface area is 88.8 Å². The van der Waals surface area contributed by atoms with E-state index in [-0.39, 0.29) is 5.54 Å². The summed E-state index contributed by atoms with van der Waals surface area (Å²) in [6.45, 7) is 11.3. The van der Waals surface area contributed by atoms with Crippen LogP contribution in [0.2, 0.25) is 0 Å². The Morgan fingerprint density at radius 1 is 1.36 bits per heavy atom. The fraction of sp³-hybridized carbons (Fsp3) is 1.00. The molecule has 0 aromatic heterocycles. The van der Waals surface area contributed by atoms with Gasteiger partial charge in [-0.1, -0.05) is 20.3 Å². The van der Waals surface area contributed by atoms with Crippen LogP contribution in [0.5, 0.6) is 0 Å². The maximum atomic E-state index is 6.23. The van der Waals surface area contributed by atoms with Crippen LogP contribution < -0.4 is 5.73 Å². The van der Waals surface area contributed by atoms with Crippen LogP contribution in [0, 0.1) is 5.92 Å². The third kappa shape index (κ3) is 3.25. The van der Waals surface area contributed by atoms with Gasteiger partial charge in [-0.2, -0.15) is 0 Å². The van der Waals surface area contributed by atoms with E-state index in [1.807, 2.05) is 0 Å². The highest BCUT2D eigenvalue weighted by molar-refractivity contribution is 4.92. The van der Waals surface area contributed by atoms with E-state index in [1.165, 1.54) is 32.4 Å². The van der Waals surface area contributed by atoms with Gasteiger partial charge >= 0.3 is 0 Å².